The number of aromatic nitrogens is 2. The fraction of sp³-hybridized carbons (Fsp3) is 0.471. The number of carbonyl (C=O) groups excluding carboxylic acids is 1. The number of piperidine rings is 1. The van der Waals surface area contributed by atoms with Gasteiger partial charge >= 0.3 is 0 Å². The number of ketones is 1. The molecule has 6 nitrogen and oxygen atoms in total. The topological polar surface area (TPSA) is 73.2 Å². The molecule has 1 aromatic carbocycles. The second kappa shape index (κ2) is 7.42. The van der Waals surface area contributed by atoms with Gasteiger partial charge in [-0.1, -0.05) is 17.7 Å². The largest absolute Gasteiger partial charge is 0.380 e. The smallest absolute Gasteiger partial charge is 0.263 e. The molecule has 128 valence electrons. The standard InChI is InChI=1S/C17H20ClN3O3/c1-24-15-6-3-7-19-14(15)8-11(22)9-21-10-20-13-5-2-4-12(18)16(13)17(21)23/h2,4-5,10,14-15,19H,3,6-9H2,1H3. The van der Waals surface area contributed by atoms with Gasteiger partial charge in [-0.15, -0.1) is 0 Å². The van der Waals surface area contributed by atoms with E-state index in [1.165, 1.54) is 10.9 Å². The van der Waals surface area contributed by atoms with Crippen LogP contribution in [-0.4, -0.2) is 41.1 Å². The molecule has 1 aromatic heterocycles. The number of nitrogens with zero attached hydrogens (tertiary/aromatic N) is 2. The minimum absolute atomic E-state index is 0.0102. The Morgan fingerprint density at radius 1 is 1.50 bits per heavy atom. The molecule has 2 heterocycles. The summed E-state index contributed by atoms with van der Waals surface area (Å²) in [5.41, 5.74) is 0.239. The van der Waals surface area contributed by atoms with Gasteiger partial charge in [0.15, 0.2) is 5.78 Å². The summed E-state index contributed by atoms with van der Waals surface area (Å²) in [6.45, 7) is 0.868. The van der Waals surface area contributed by atoms with Crippen molar-refractivity contribution >= 4 is 28.3 Å². The van der Waals surface area contributed by atoms with Gasteiger partial charge in [-0.05, 0) is 31.5 Å². The quantitative estimate of drug-likeness (QED) is 0.890. The van der Waals surface area contributed by atoms with Crippen molar-refractivity contribution in [1.82, 2.24) is 14.9 Å². The lowest BCUT2D eigenvalue weighted by Crippen LogP contribution is -2.47. The molecule has 7 heteroatoms. The summed E-state index contributed by atoms with van der Waals surface area (Å²) in [4.78, 5) is 29.2. The summed E-state index contributed by atoms with van der Waals surface area (Å²) in [5, 5.41) is 4.01. The van der Waals surface area contributed by atoms with Gasteiger partial charge < -0.3 is 10.1 Å². The molecule has 1 N–H and O–H groups in total. The Kier molecular flexibility index (Phi) is 5.28. The van der Waals surface area contributed by atoms with Gasteiger partial charge in [-0.2, -0.15) is 0 Å². The number of halogens is 1. The third kappa shape index (κ3) is 3.50. The van der Waals surface area contributed by atoms with Crippen LogP contribution in [0.15, 0.2) is 29.3 Å². The van der Waals surface area contributed by atoms with E-state index in [9.17, 15) is 9.59 Å². The fourth-order valence-corrected chi connectivity index (χ4v) is 3.43. The van der Waals surface area contributed by atoms with E-state index in [2.05, 4.69) is 10.3 Å². The molecule has 0 bridgehead atoms. The zero-order chi connectivity index (χ0) is 17.1. The maximum absolute atomic E-state index is 12.5. The van der Waals surface area contributed by atoms with Crippen LogP contribution in [0, 0.1) is 0 Å². The summed E-state index contributed by atoms with van der Waals surface area (Å²) in [5.74, 6) is -0.0354. The Bertz CT molecular complexity index is 805. The molecule has 1 fully saturated rings. The average Bonchev–Trinajstić information content (AvgIpc) is 2.58. The zero-order valence-electron chi connectivity index (χ0n) is 13.5. The van der Waals surface area contributed by atoms with Crippen molar-refractivity contribution in [2.24, 2.45) is 0 Å². The fourth-order valence-electron chi connectivity index (χ4n) is 3.18. The van der Waals surface area contributed by atoms with Gasteiger partial charge in [-0.3, -0.25) is 14.2 Å². The second-order valence-electron chi connectivity index (χ2n) is 6.03. The van der Waals surface area contributed by atoms with Crippen LogP contribution < -0.4 is 10.9 Å². The van der Waals surface area contributed by atoms with Crippen LogP contribution in [0.1, 0.15) is 19.3 Å². The van der Waals surface area contributed by atoms with Gasteiger partial charge in [0.1, 0.15) is 0 Å². The Labute approximate surface area is 144 Å². The van der Waals surface area contributed by atoms with Crippen molar-refractivity contribution in [2.45, 2.75) is 38.0 Å². The first-order valence-corrected chi connectivity index (χ1v) is 8.39. The molecular formula is C17H20ClN3O3. The van der Waals surface area contributed by atoms with Gasteiger partial charge in [0.2, 0.25) is 0 Å². The lowest BCUT2D eigenvalue weighted by Gasteiger charge is -2.31. The predicted octanol–water partition coefficient (Wildman–Crippen LogP) is 1.78. The lowest BCUT2D eigenvalue weighted by atomic mass is 9.96. The first-order chi connectivity index (χ1) is 11.6. The summed E-state index contributed by atoms with van der Waals surface area (Å²) in [7, 11) is 1.66. The van der Waals surface area contributed by atoms with E-state index in [0.29, 0.717) is 22.3 Å². The number of hydrogen-bond acceptors (Lipinski definition) is 5. The van der Waals surface area contributed by atoms with Crippen molar-refractivity contribution in [3.8, 4) is 0 Å². The number of nitrogens with one attached hydrogen (secondary N) is 1. The van der Waals surface area contributed by atoms with Crippen molar-refractivity contribution in [3.05, 3.63) is 39.9 Å². The predicted molar refractivity (Wildman–Crippen MR) is 92.5 cm³/mol. The van der Waals surface area contributed by atoms with E-state index >= 15 is 0 Å². The van der Waals surface area contributed by atoms with E-state index in [-0.39, 0.29) is 30.0 Å². The summed E-state index contributed by atoms with van der Waals surface area (Å²) < 4.78 is 6.76. The summed E-state index contributed by atoms with van der Waals surface area (Å²) in [6.07, 6.45) is 3.74. The van der Waals surface area contributed by atoms with Gasteiger partial charge in [0.05, 0.1) is 34.9 Å². The van der Waals surface area contributed by atoms with Crippen LogP contribution in [0.5, 0.6) is 0 Å². The monoisotopic (exact) mass is 349 g/mol. The minimum atomic E-state index is -0.293. The Balaban J connectivity index is 1.77. The molecule has 2 unspecified atom stereocenters. The van der Waals surface area contributed by atoms with Crippen LogP contribution in [-0.2, 0) is 16.1 Å². The van der Waals surface area contributed by atoms with Crippen molar-refractivity contribution in [3.63, 3.8) is 0 Å². The molecule has 0 saturated carbocycles. The van der Waals surface area contributed by atoms with Crippen LogP contribution in [0.3, 0.4) is 0 Å². The zero-order valence-corrected chi connectivity index (χ0v) is 14.3. The molecule has 2 atom stereocenters. The number of fused-ring (bicyclic) bond motifs is 1. The maximum atomic E-state index is 12.5. The number of rotatable bonds is 5. The normalized spacial score (nSPS) is 21.1. The molecule has 1 aliphatic heterocycles. The average molecular weight is 350 g/mol. The highest BCUT2D eigenvalue weighted by atomic mass is 35.5. The molecule has 0 radical (unpaired) electrons. The number of ether oxygens (including phenoxy) is 1. The van der Waals surface area contributed by atoms with E-state index in [1.807, 2.05) is 0 Å². The molecule has 0 amide bonds. The highest BCUT2D eigenvalue weighted by Gasteiger charge is 2.26. The van der Waals surface area contributed by atoms with E-state index in [4.69, 9.17) is 16.3 Å². The van der Waals surface area contributed by atoms with Crippen LogP contribution >= 0.6 is 11.6 Å². The number of carbonyl (C=O) groups is 1. The van der Waals surface area contributed by atoms with Crippen LogP contribution in [0.4, 0.5) is 0 Å². The number of hydrogen-bond donors (Lipinski definition) is 1. The summed E-state index contributed by atoms with van der Waals surface area (Å²) in [6, 6.07) is 5.11. The first kappa shape index (κ1) is 17.1. The minimum Gasteiger partial charge on any atom is -0.380 e. The number of benzene rings is 1. The molecule has 0 spiro atoms. The van der Waals surface area contributed by atoms with Gasteiger partial charge in [-0.25, -0.2) is 4.98 Å². The van der Waals surface area contributed by atoms with E-state index in [1.54, 1.807) is 25.3 Å². The van der Waals surface area contributed by atoms with Gasteiger partial charge in [0.25, 0.3) is 5.56 Å². The van der Waals surface area contributed by atoms with E-state index < -0.39 is 0 Å². The van der Waals surface area contributed by atoms with Crippen LogP contribution in [0.25, 0.3) is 10.9 Å². The second-order valence-corrected chi connectivity index (χ2v) is 6.44. The highest BCUT2D eigenvalue weighted by Crippen LogP contribution is 2.18. The molecule has 24 heavy (non-hydrogen) atoms. The highest BCUT2D eigenvalue weighted by molar-refractivity contribution is 6.35. The first-order valence-electron chi connectivity index (χ1n) is 8.01. The summed E-state index contributed by atoms with van der Waals surface area (Å²) >= 11 is 6.10. The number of Topliss-reactive ketones (excluding diaryl/α,β-unsaturated/α-hetero) is 1. The van der Waals surface area contributed by atoms with Gasteiger partial charge in [0, 0.05) is 19.6 Å². The molecule has 0 aliphatic carbocycles. The van der Waals surface area contributed by atoms with Crippen LogP contribution in [0.2, 0.25) is 5.02 Å². The van der Waals surface area contributed by atoms with Crippen molar-refractivity contribution < 1.29 is 9.53 Å². The Morgan fingerprint density at radius 3 is 3.12 bits per heavy atom. The van der Waals surface area contributed by atoms with Crippen molar-refractivity contribution in [1.29, 1.82) is 0 Å². The van der Waals surface area contributed by atoms with E-state index in [0.717, 1.165) is 19.4 Å². The molecular weight excluding hydrogens is 330 g/mol. The lowest BCUT2D eigenvalue weighted by molar-refractivity contribution is -0.121. The third-order valence-corrected chi connectivity index (χ3v) is 4.74. The Hall–Kier alpha value is -1.76. The number of methoxy groups -OCH3 is 1. The maximum Gasteiger partial charge on any atom is 0.263 e. The third-order valence-electron chi connectivity index (χ3n) is 4.42. The SMILES string of the molecule is COC1CCCNC1CC(=O)Cn1cnc2cccc(Cl)c2c1=O. The molecule has 1 saturated heterocycles. The Morgan fingerprint density at radius 2 is 2.33 bits per heavy atom. The molecule has 3 rings (SSSR count). The molecule has 1 aliphatic rings. The molecule has 2 aromatic rings. The van der Waals surface area contributed by atoms with Crippen molar-refractivity contribution in [2.75, 3.05) is 13.7 Å².